The minimum atomic E-state index is -3.34. The van der Waals surface area contributed by atoms with Gasteiger partial charge in [-0.05, 0) is 11.1 Å². The zero-order chi connectivity index (χ0) is 6.78. The molecule has 0 heterocycles. The molecule has 0 spiro atoms. The zero-order valence-electron chi connectivity index (χ0n) is 3.89. The highest BCUT2D eigenvalue weighted by atomic mass is 32.2. The van der Waals surface area contributed by atoms with Crippen molar-refractivity contribution in [1.82, 2.24) is 0 Å². The molecule has 0 radical (unpaired) electrons. The van der Waals surface area contributed by atoms with Gasteiger partial charge in [0.1, 0.15) is 12.7 Å². The summed E-state index contributed by atoms with van der Waals surface area (Å²) >= 11 is -2.70. The number of alkyl halides is 2. The van der Waals surface area contributed by atoms with E-state index >= 15 is 0 Å². The zero-order valence-corrected chi connectivity index (χ0v) is 4.71. The molecule has 5 heteroatoms. The first-order chi connectivity index (χ1) is 3.42. The lowest BCUT2D eigenvalue weighted by atomic mass is 10.5. The van der Waals surface area contributed by atoms with Crippen molar-refractivity contribution in [2.24, 2.45) is 0 Å². The predicted molar refractivity (Wildman–Crippen MR) is 24.1 cm³/mol. The minimum Gasteiger partial charge on any atom is -0.772 e. The largest absolute Gasteiger partial charge is 0.772 e. The molecule has 0 fully saturated rings. The molecule has 8 heavy (non-hydrogen) atoms. The summed E-state index contributed by atoms with van der Waals surface area (Å²) in [5.41, 5.74) is 0. The number of hydrogen-bond acceptors (Lipinski definition) is 2. The Morgan fingerprint density at radius 1 is 1.75 bits per heavy atom. The van der Waals surface area contributed by atoms with Crippen LogP contribution in [0, 0.1) is 6.92 Å². The third-order valence-corrected chi connectivity index (χ3v) is 0.987. The number of hydrogen-bond donors (Lipinski definition) is 0. The molecule has 0 aromatic rings. The van der Waals surface area contributed by atoms with E-state index in [1.54, 1.807) is 0 Å². The van der Waals surface area contributed by atoms with Gasteiger partial charge in [-0.1, -0.05) is 0 Å². The third-order valence-electron chi connectivity index (χ3n) is 0.329. The summed E-state index contributed by atoms with van der Waals surface area (Å²) in [5, 5.41) is 0. The molecule has 0 aliphatic heterocycles. The van der Waals surface area contributed by atoms with Gasteiger partial charge < -0.3 is 4.55 Å². The molecule has 0 saturated carbocycles. The van der Waals surface area contributed by atoms with Crippen LogP contribution in [0.2, 0.25) is 0 Å². The molecule has 0 amide bonds. The summed E-state index contributed by atoms with van der Waals surface area (Å²) in [7, 11) is 0. The van der Waals surface area contributed by atoms with Crippen molar-refractivity contribution in [2.45, 2.75) is 5.92 Å². The van der Waals surface area contributed by atoms with Gasteiger partial charge in [0.15, 0.2) is 0 Å². The van der Waals surface area contributed by atoms with Crippen LogP contribution >= 0.6 is 0 Å². The molecule has 1 atom stereocenters. The van der Waals surface area contributed by atoms with Crippen molar-refractivity contribution in [3.63, 3.8) is 0 Å². The van der Waals surface area contributed by atoms with E-state index < -0.39 is 22.8 Å². The van der Waals surface area contributed by atoms with Gasteiger partial charge in [-0.2, -0.15) is 8.78 Å². The highest BCUT2D eigenvalue weighted by molar-refractivity contribution is 7.79. The Labute approximate surface area is 48.2 Å². The van der Waals surface area contributed by atoms with E-state index in [1.165, 1.54) is 0 Å². The van der Waals surface area contributed by atoms with Crippen molar-refractivity contribution >= 4 is 11.1 Å². The Morgan fingerprint density at radius 2 is 2.12 bits per heavy atom. The number of rotatable bonds is 2. The molecule has 0 aliphatic carbocycles. The first-order valence-electron chi connectivity index (χ1n) is 1.71. The fourth-order valence-electron chi connectivity index (χ4n) is 0.172. The van der Waals surface area contributed by atoms with E-state index in [0.717, 1.165) is 0 Å². The number of halogens is 2. The monoisotopic (exact) mass is 142 g/mol. The summed E-state index contributed by atoms with van der Waals surface area (Å²) in [6.45, 7) is 2.28. The van der Waals surface area contributed by atoms with Gasteiger partial charge in [-0.25, -0.2) is 0 Å². The SMILES string of the molecule is [CH2+]C(F)(F)CS(=O)[O-]. The Bertz CT molecular complexity index is 97.9. The molecule has 0 aromatic carbocycles. The van der Waals surface area contributed by atoms with Crippen molar-refractivity contribution in [2.75, 3.05) is 5.75 Å². The van der Waals surface area contributed by atoms with Crippen molar-refractivity contribution in [1.29, 1.82) is 0 Å². The first kappa shape index (κ1) is 7.84. The second-order valence-corrected chi connectivity index (χ2v) is 2.20. The van der Waals surface area contributed by atoms with Crippen LogP contribution in [0.5, 0.6) is 0 Å². The highest BCUT2D eigenvalue weighted by Gasteiger charge is 2.29. The molecule has 2 nitrogen and oxygen atoms in total. The van der Waals surface area contributed by atoms with E-state index in [0.29, 0.717) is 0 Å². The van der Waals surface area contributed by atoms with Crippen LogP contribution in [0.4, 0.5) is 8.78 Å². The Balaban J connectivity index is 3.55. The van der Waals surface area contributed by atoms with E-state index in [9.17, 15) is 17.5 Å². The lowest BCUT2D eigenvalue weighted by Crippen LogP contribution is -2.19. The molecule has 0 N–H and O–H groups in total. The van der Waals surface area contributed by atoms with E-state index in [2.05, 4.69) is 6.92 Å². The maximum absolute atomic E-state index is 11.5. The first-order valence-corrected chi connectivity index (χ1v) is 2.95. The molecule has 0 aliphatic rings. The molecular formula is C3H4F2O2S. The summed E-state index contributed by atoms with van der Waals surface area (Å²) in [5.74, 6) is -4.54. The molecule has 0 saturated heterocycles. The molecule has 0 aromatic heterocycles. The van der Waals surface area contributed by atoms with Crippen LogP contribution in [0.15, 0.2) is 0 Å². The van der Waals surface area contributed by atoms with Gasteiger partial charge in [0, 0.05) is 0 Å². The smallest absolute Gasteiger partial charge is 0.394 e. The van der Waals surface area contributed by atoms with Crippen molar-refractivity contribution in [3.05, 3.63) is 6.92 Å². The molecule has 0 rings (SSSR count). The lowest BCUT2D eigenvalue weighted by Gasteiger charge is -2.04. The molecule has 0 bridgehead atoms. The van der Waals surface area contributed by atoms with Crippen LogP contribution in [-0.4, -0.2) is 20.4 Å². The minimum absolute atomic E-state index is 1.20. The van der Waals surface area contributed by atoms with Gasteiger partial charge in [-0.3, -0.25) is 4.21 Å². The second kappa shape index (κ2) is 2.41. The van der Waals surface area contributed by atoms with Gasteiger partial charge in [-0.15, -0.1) is 0 Å². The Hall–Kier alpha value is -0.160. The summed E-state index contributed by atoms with van der Waals surface area (Å²) < 4.78 is 41.9. The maximum Gasteiger partial charge on any atom is 0.394 e. The maximum atomic E-state index is 11.5. The van der Waals surface area contributed by atoms with Crippen LogP contribution in [0.3, 0.4) is 0 Å². The Morgan fingerprint density at radius 3 is 2.12 bits per heavy atom. The molecule has 1 unspecified atom stereocenters. The van der Waals surface area contributed by atoms with Crippen molar-refractivity contribution < 1.29 is 17.5 Å². The lowest BCUT2D eigenvalue weighted by molar-refractivity contribution is 0.0772. The average molecular weight is 142 g/mol. The predicted octanol–water partition coefficient (Wildman–Crippen LogP) is 0.335. The standard InChI is InChI=1S/C3H4F2O2S/c1-3(4,5)2-8(6)7/h1-2H2. The van der Waals surface area contributed by atoms with Crippen LogP contribution in [0.25, 0.3) is 0 Å². The normalized spacial score (nSPS) is 15.9. The fourth-order valence-corrected chi connectivity index (χ4v) is 0.517. The topological polar surface area (TPSA) is 40.1 Å². The fraction of sp³-hybridized carbons (Fsp3) is 0.667. The van der Waals surface area contributed by atoms with E-state index in [1.807, 2.05) is 0 Å². The van der Waals surface area contributed by atoms with Crippen LogP contribution in [0.1, 0.15) is 0 Å². The molecular weight excluding hydrogens is 138 g/mol. The quantitative estimate of drug-likeness (QED) is 0.412. The second-order valence-electron chi connectivity index (χ2n) is 1.30. The van der Waals surface area contributed by atoms with Gasteiger partial charge in [0.25, 0.3) is 0 Å². The third kappa shape index (κ3) is 5.84. The summed E-state index contributed by atoms with van der Waals surface area (Å²) in [6.07, 6.45) is 0. The summed E-state index contributed by atoms with van der Waals surface area (Å²) in [6, 6.07) is 0. The van der Waals surface area contributed by atoms with Crippen LogP contribution < -0.4 is 0 Å². The molecule has 48 valence electrons. The van der Waals surface area contributed by atoms with Gasteiger partial charge in [0.05, 0.1) is 0 Å². The van der Waals surface area contributed by atoms with Gasteiger partial charge in [0.2, 0.25) is 0 Å². The van der Waals surface area contributed by atoms with Gasteiger partial charge >= 0.3 is 5.92 Å². The average Bonchev–Trinajstić information content (AvgIpc) is 1.21. The van der Waals surface area contributed by atoms with Crippen LogP contribution in [-0.2, 0) is 11.1 Å². The summed E-state index contributed by atoms with van der Waals surface area (Å²) in [4.78, 5) is 0. The Kier molecular flexibility index (Phi) is 2.36. The highest BCUT2D eigenvalue weighted by Crippen LogP contribution is 2.10. The van der Waals surface area contributed by atoms with Crippen molar-refractivity contribution in [3.8, 4) is 0 Å². The van der Waals surface area contributed by atoms with E-state index in [4.69, 9.17) is 0 Å². The van der Waals surface area contributed by atoms with E-state index in [-0.39, 0.29) is 0 Å².